The van der Waals surface area contributed by atoms with Crippen molar-refractivity contribution in [2.75, 3.05) is 6.26 Å². The van der Waals surface area contributed by atoms with Gasteiger partial charge in [0, 0.05) is 35.2 Å². The van der Waals surface area contributed by atoms with Crippen molar-refractivity contribution < 1.29 is 34.8 Å². The van der Waals surface area contributed by atoms with Crippen LogP contribution in [0, 0.1) is 23.0 Å². The predicted octanol–water partition coefficient (Wildman–Crippen LogP) is 5.91. The summed E-state index contributed by atoms with van der Waals surface area (Å²) in [5, 5.41) is 9.06. The van der Waals surface area contributed by atoms with E-state index in [1.54, 1.807) is 6.07 Å². The summed E-state index contributed by atoms with van der Waals surface area (Å²) >= 11 is 0. The second-order valence-corrected chi connectivity index (χ2v) is 11.2. The van der Waals surface area contributed by atoms with Crippen molar-refractivity contribution in [2.45, 2.75) is 37.5 Å². The van der Waals surface area contributed by atoms with E-state index < -0.39 is 56.6 Å². The molecule has 0 aliphatic rings. The van der Waals surface area contributed by atoms with Crippen LogP contribution in [0.15, 0.2) is 63.1 Å². The van der Waals surface area contributed by atoms with Crippen LogP contribution in [0.5, 0.6) is 0 Å². The maximum atomic E-state index is 14.4. The highest BCUT2D eigenvalue weighted by atomic mass is 32.2. The summed E-state index contributed by atoms with van der Waals surface area (Å²) in [6.07, 6.45) is -1.67. The van der Waals surface area contributed by atoms with E-state index in [0.717, 1.165) is 24.7 Å². The van der Waals surface area contributed by atoms with Gasteiger partial charge in [0.25, 0.3) is 5.56 Å². The van der Waals surface area contributed by atoms with Crippen molar-refractivity contribution in [3.63, 3.8) is 0 Å². The lowest BCUT2D eigenvalue weighted by atomic mass is 10.0. The quantitative estimate of drug-likeness (QED) is 0.264. The third-order valence-corrected chi connectivity index (χ3v) is 7.14. The van der Waals surface area contributed by atoms with Crippen LogP contribution in [0.4, 0.5) is 22.0 Å². The van der Waals surface area contributed by atoms with Gasteiger partial charge in [0.05, 0.1) is 24.1 Å². The minimum atomic E-state index is -5.10. The lowest BCUT2D eigenvalue weighted by molar-refractivity contribution is -0.137. The fourth-order valence-corrected chi connectivity index (χ4v) is 4.88. The van der Waals surface area contributed by atoms with Gasteiger partial charge in [-0.3, -0.25) is 9.36 Å². The molecule has 0 radical (unpaired) electrons. The Morgan fingerprint density at radius 2 is 1.82 bits per heavy atom. The molecule has 0 saturated heterocycles. The van der Waals surface area contributed by atoms with Crippen molar-refractivity contribution in [1.29, 1.82) is 5.26 Å². The standard InChI is InChI=1S/C27H20F5N3O4S/c1-14(2)16-6-19(25(34-11-16)40(3,37)38)17-7-24(39-13-17)23-9-21(27(30,31)32)20(10-33)26(36)35(23)12-15-4-5-18(28)8-22(15)29/h4-9,11,13-14H,12H2,1-3H3. The number of halogens is 5. The van der Waals surface area contributed by atoms with E-state index in [1.807, 2.05) is 13.8 Å². The normalized spacial score (nSPS) is 12.1. The van der Waals surface area contributed by atoms with Gasteiger partial charge in [-0.15, -0.1) is 0 Å². The second-order valence-electron chi connectivity index (χ2n) is 9.30. The highest BCUT2D eigenvalue weighted by Crippen LogP contribution is 2.37. The van der Waals surface area contributed by atoms with Gasteiger partial charge in [-0.05, 0) is 35.7 Å². The number of pyridine rings is 2. The average Bonchev–Trinajstić information content (AvgIpc) is 3.34. The fourth-order valence-electron chi connectivity index (χ4n) is 4.06. The van der Waals surface area contributed by atoms with Crippen molar-refractivity contribution in [1.82, 2.24) is 9.55 Å². The number of nitriles is 1. The summed E-state index contributed by atoms with van der Waals surface area (Å²) < 4.78 is 100. The van der Waals surface area contributed by atoms with Crippen LogP contribution in [0.2, 0.25) is 0 Å². The number of furan rings is 1. The lowest BCUT2D eigenvalue weighted by Gasteiger charge is -2.16. The summed E-state index contributed by atoms with van der Waals surface area (Å²) in [5.41, 5.74) is -3.93. The number of hydrogen-bond donors (Lipinski definition) is 0. The van der Waals surface area contributed by atoms with Crippen molar-refractivity contribution in [3.05, 3.63) is 93.1 Å². The molecule has 0 spiro atoms. The molecule has 4 aromatic rings. The molecule has 1 aromatic carbocycles. The highest BCUT2D eigenvalue weighted by molar-refractivity contribution is 7.90. The molecular formula is C27H20F5N3O4S. The highest BCUT2D eigenvalue weighted by Gasteiger charge is 2.37. The largest absolute Gasteiger partial charge is 0.462 e. The minimum Gasteiger partial charge on any atom is -0.462 e. The number of sulfone groups is 1. The van der Waals surface area contributed by atoms with Crippen LogP contribution < -0.4 is 5.56 Å². The average molecular weight is 578 g/mol. The Morgan fingerprint density at radius 1 is 1.12 bits per heavy atom. The van der Waals surface area contributed by atoms with E-state index in [0.29, 0.717) is 22.3 Å². The Hall–Kier alpha value is -4.31. The molecule has 4 rings (SSSR count). The first-order chi connectivity index (χ1) is 18.6. The van der Waals surface area contributed by atoms with Gasteiger partial charge in [-0.1, -0.05) is 19.9 Å². The summed E-state index contributed by atoms with van der Waals surface area (Å²) in [4.78, 5) is 17.2. The van der Waals surface area contributed by atoms with Crippen LogP contribution in [-0.2, 0) is 22.6 Å². The monoisotopic (exact) mass is 577 g/mol. The molecule has 13 heteroatoms. The van der Waals surface area contributed by atoms with Crippen molar-refractivity contribution in [3.8, 4) is 28.7 Å². The van der Waals surface area contributed by atoms with E-state index in [9.17, 15) is 40.4 Å². The molecule has 40 heavy (non-hydrogen) atoms. The number of alkyl halides is 3. The molecule has 0 atom stereocenters. The number of nitrogens with zero attached hydrogens (tertiary/aromatic N) is 3. The smallest absolute Gasteiger partial charge is 0.417 e. The van der Waals surface area contributed by atoms with E-state index in [1.165, 1.54) is 18.3 Å². The zero-order chi connectivity index (χ0) is 29.6. The lowest BCUT2D eigenvalue weighted by Crippen LogP contribution is -2.29. The molecule has 0 unspecified atom stereocenters. The summed E-state index contributed by atoms with van der Waals surface area (Å²) in [5.74, 6) is -2.33. The zero-order valence-corrected chi connectivity index (χ0v) is 22.0. The summed E-state index contributed by atoms with van der Waals surface area (Å²) in [7, 11) is -3.84. The number of aromatic nitrogens is 2. The molecule has 3 aromatic heterocycles. The molecule has 208 valence electrons. The third-order valence-electron chi connectivity index (χ3n) is 6.11. The number of benzene rings is 1. The van der Waals surface area contributed by atoms with Crippen molar-refractivity contribution >= 4 is 9.84 Å². The van der Waals surface area contributed by atoms with Gasteiger partial charge < -0.3 is 4.42 Å². The van der Waals surface area contributed by atoms with E-state index in [2.05, 4.69) is 4.98 Å². The second kappa shape index (κ2) is 10.3. The molecule has 0 N–H and O–H groups in total. The van der Waals surface area contributed by atoms with Gasteiger partial charge in [-0.25, -0.2) is 22.2 Å². The van der Waals surface area contributed by atoms with Gasteiger partial charge in [-0.2, -0.15) is 18.4 Å². The maximum absolute atomic E-state index is 14.4. The molecular weight excluding hydrogens is 557 g/mol. The van der Waals surface area contributed by atoms with Crippen LogP contribution in [-0.4, -0.2) is 24.2 Å². The Morgan fingerprint density at radius 3 is 2.40 bits per heavy atom. The Labute approximate surface area is 225 Å². The van der Waals surface area contributed by atoms with E-state index >= 15 is 0 Å². The molecule has 7 nitrogen and oxygen atoms in total. The van der Waals surface area contributed by atoms with Crippen LogP contribution in [0.25, 0.3) is 22.6 Å². The van der Waals surface area contributed by atoms with E-state index in [-0.39, 0.29) is 33.4 Å². The minimum absolute atomic E-state index is 0.0464. The van der Waals surface area contributed by atoms with E-state index in [4.69, 9.17) is 4.42 Å². The SMILES string of the molecule is CC(C)c1cnc(S(C)(=O)=O)c(-c2coc(-c3cc(C(F)(F)F)c(C#N)c(=O)n3Cc3ccc(F)cc3F)c2)c1. The Bertz CT molecular complexity index is 1830. The zero-order valence-electron chi connectivity index (χ0n) is 21.2. The molecule has 0 fully saturated rings. The first-order valence-corrected chi connectivity index (χ1v) is 13.5. The Kier molecular flexibility index (Phi) is 7.42. The Balaban J connectivity index is 1.99. The molecule has 0 saturated carbocycles. The predicted molar refractivity (Wildman–Crippen MR) is 134 cm³/mol. The summed E-state index contributed by atoms with van der Waals surface area (Å²) in [6, 6.07) is 7.02. The third kappa shape index (κ3) is 5.53. The molecule has 0 aliphatic carbocycles. The van der Waals surface area contributed by atoms with Crippen LogP contribution >= 0.6 is 0 Å². The number of hydrogen-bond acceptors (Lipinski definition) is 6. The first kappa shape index (κ1) is 28.7. The van der Waals surface area contributed by atoms with Crippen LogP contribution in [0.1, 0.15) is 42.0 Å². The molecule has 0 bridgehead atoms. The van der Waals surface area contributed by atoms with Crippen LogP contribution in [0.3, 0.4) is 0 Å². The van der Waals surface area contributed by atoms with Gasteiger partial charge >= 0.3 is 6.18 Å². The first-order valence-electron chi connectivity index (χ1n) is 11.6. The molecule has 3 heterocycles. The molecule has 0 amide bonds. The summed E-state index contributed by atoms with van der Waals surface area (Å²) in [6.45, 7) is 3.04. The fraction of sp³-hybridized carbons (Fsp3) is 0.222. The van der Waals surface area contributed by atoms with Gasteiger partial charge in [0.1, 0.15) is 23.3 Å². The molecule has 0 aliphatic heterocycles. The maximum Gasteiger partial charge on any atom is 0.417 e. The van der Waals surface area contributed by atoms with Gasteiger partial charge in [0.2, 0.25) is 0 Å². The topological polar surface area (TPSA) is 106 Å². The van der Waals surface area contributed by atoms with Crippen molar-refractivity contribution in [2.24, 2.45) is 0 Å². The van der Waals surface area contributed by atoms with Gasteiger partial charge in [0.15, 0.2) is 20.6 Å². The number of rotatable bonds is 6.